The Kier molecular flexibility index (Phi) is 5.73. The predicted molar refractivity (Wildman–Crippen MR) is 69.1 cm³/mol. The van der Waals surface area contributed by atoms with Gasteiger partial charge in [-0.3, -0.25) is 0 Å². The van der Waals surface area contributed by atoms with E-state index in [2.05, 4.69) is 17.2 Å². The quantitative estimate of drug-likeness (QED) is 0.761. The molecular weight excluding hydrogens is 222 g/mol. The fourth-order valence-electron chi connectivity index (χ4n) is 1.44. The first-order valence-corrected chi connectivity index (χ1v) is 6.45. The Morgan fingerprint density at radius 3 is 2.81 bits per heavy atom. The van der Waals surface area contributed by atoms with E-state index in [0.717, 1.165) is 24.5 Å². The fraction of sp³-hybridized carbons (Fsp3) is 0.727. The number of hydrogen-bond acceptors (Lipinski definition) is 5. The van der Waals surface area contributed by atoms with E-state index in [1.807, 2.05) is 25.2 Å². The van der Waals surface area contributed by atoms with Gasteiger partial charge in [0, 0.05) is 44.4 Å². The highest BCUT2D eigenvalue weighted by Crippen LogP contribution is 2.20. The van der Waals surface area contributed by atoms with Gasteiger partial charge in [0.15, 0.2) is 5.13 Å². The van der Waals surface area contributed by atoms with Gasteiger partial charge in [-0.1, -0.05) is 6.92 Å². The summed E-state index contributed by atoms with van der Waals surface area (Å²) in [5.74, 6) is 0. The Labute approximate surface area is 101 Å². The molecule has 1 aromatic heterocycles. The zero-order valence-electron chi connectivity index (χ0n) is 10.2. The van der Waals surface area contributed by atoms with Crippen LogP contribution in [0.25, 0.3) is 0 Å². The summed E-state index contributed by atoms with van der Waals surface area (Å²) in [6, 6.07) is 0.398. The highest BCUT2D eigenvalue weighted by molar-refractivity contribution is 7.15. The van der Waals surface area contributed by atoms with Gasteiger partial charge in [-0.05, 0) is 12.8 Å². The zero-order chi connectivity index (χ0) is 12.0. The van der Waals surface area contributed by atoms with Gasteiger partial charge in [-0.2, -0.15) is 0 Å². The lowest BCUT2D eigenvalue weighted by molar-refractivity contribution is 0.262. The Morgan fingerprint density at radius 1 is 1.56 bits per heavy atom. The van der Waals surface area contributed by atoms with Crippen LogP contribution < -0.4 is 10.2 Å². The van der Waals surface area contributed by atoms with Crippen molar-refractivity contribution < 1.29 is 5.11 Å². The highest BCUT2D eigenvalue weighted by Gasteiger charge is 2.07. The van der Waals surface area contributed by atoms with E-state index in [0.29, 0.717) is 6.04 Å². The van der Waals surface area contributed by atoms with Crippen molar-refractivity contribution in [3.05, 3.63) is 11.1 Å². The molecule has 0 radical (unpaired) electrons. The van der Waals surface area contributed by atoms with Gasteiger partial charge in [0.1, 0.15) is 0 Å². The van der Waals surface area contributed by atoms with E-state index >= 15 is 0 Å². The fourth-order valence-corrected chi connectivity index (χ4v) is 2.22. The van der Waals surface area contributed by atoms with Crippen LogP contribution in [-0.2, 0) is 6.54 Å². The summed E-state index contributed by atoms with van der Waals surface area (Å²) >= 11 is 1.70. The lowest BCUT2D eigenvalue weighted by Gasteiger charge is -2.14. The largest absolute Gasteiger partial charge is 0.396 e. The SMILES string of the molecule is CCC(CCO)NCc1cnc(N(C)C)s1. The molecular formula is C11H21N3OS. The maximum absolute atomic E-state index is 8.89. The molecule has 1 rings (SSSR count). The molecule has 1 heterocycles. The van der Waals surface area contributed by atoms with E-state index < -0.39 is 0 Å². The van der Waals surface area contributed by atoms with Gasteiger partial charge in [-0.15, -0.1) is 11.3 Å². The molecule has 1 aromatic rings. The molecule has 0 aromatic carbocycles. The Morgan fingerprint density at radius 2 is 2.31 bits per heavy atom. The monoisotopic (exact) mass is 243 g/mol. The molecule has 0 saturated heterocycles. The summed E-state index contributed by atoms with van der Waals surface area (Å²) in [6.45, 7) is 3.21. The van der Waals surface area contributed by atoms with E-state index in [-0.39, 0.29) is 6.61 Å². The van der Waals surface area contributed by atoms with Crippen molar-refractivity contribution in [2.75, 3.05) is 25.6 Å². The summed E-state index contributed by atoms with van der Waals surface area (Å²) < 4.78 is 0. The second-order valence-electron chi connectivity index (χ2n) is 4.00. The first-order chi connectivity index (χ1) is 7.67. The van der Waals surface area contributed by atoms with Crippen LogP contribution in [0.15, 0.2) is 6.20 Å². The van der Waals surface area contributed by atoms with Crippen LogP contribution in [0.4, 0.5) is 5.13 Å². The molecule has 16 heavy (non-hydrogen) atoms. The van der Waals surface area contributed by atoms with Crippen LogP contribution in [0, 0.1) is 0 Å². The number of aliphatic hydroxyl groups excluding tert-OH is 1. The number of nitrogens with zero attached hydrogens (tertiary/aromatic N) is 2. The van der Waals surface area contributed by atoms with E-state index in [4.69, 9.17) is 5.11 Å². The predicted octanol–water partition coefficient (Wildman–Crippen LogP) is 1.46. The van der Waals surface area contributed by atoms with Crippen LogP contribution >= 0.6 is 11.3 Å². The summed E-state index contributed by atoms with van der Waals surface area (Å²) in [6.07, 6.45) is 3.77. The molecule has 0 amide bonds. The molecule has 0 aliphatic rings. The molecule has 5 heteroatoms. The van der Waals surface area contributed by atoms with Crippen molar-refractivity contribution in [3.63, 3.8) is 0 Å². The minimum absolute atomic E-state index is 0.247. The second-order valence-corrected chi connectivity index (χ2v) is 5.10. The zero-order valence-corrected chi connectivity index (χ0v) is 11.0. The van der Waals surface area contributed by atoms with Crippen molar-refractivity contribution in [3.8, 4) is 0 Å². The number of aliphatic hydroxyl groups is 1. The van der Waals surface area contributed by atoms with Crippen LogP contribution in [0.3, 0.4) is 0 Å². The molecule has 0 fully saturated rings. The van der Waals surface area contributed by atoms with Crippen molar-refractivity contribution in [1.29, 1.82) is 0 Å². The van der Waals surface area contributed by atoms with Gasteiger partial charge >= 0.3 is 0 Å². The average molecular weight is 243 g/mol. The van der Waals surface area contributed by atoms with Crippen molar-refractivity contribution in [1.82, 2.24) is 10.3 Å². The van der Waals surface area contributed by atoms with Crippen molar-refractivity contribution in [2.45, 2.75) is 32.4 Å². The molecule has 0 aliphatic heterocycles. The van der Waals surface area contributed by atoms with Gasteiger partial charge < -0.3 is 15.3 Å². The van der Waals surface area contributed by atoms with E-state index in [1.54, 1.807) is 11.3 Å². The van der Waals surface area contributed by atoms with Crippen LogP contribution in [0.1, 0.15) is 24.6 Å². The van der Waals surface area contributed by atoms with Crippen molar-refractivity contribution in [2.24, 2.45) is 0 Å². The molecule has 2 N–H and O–H groups in total. The van der Waals surface area contributed by atoms with Crippen LogP contribution in [-0.4, -0.2) is 36.8 Å². The highest BCUT2D eigenvalue weighted by atomic mass is 32.1. The molecule has 0 spiro atoms. The van der Waals surface area contributed by atoms with Crippen molar-refractivity contribution >= 4 is 16.5 Å². The van der Waals surface area contributed by atoms with Gasteiger partial charge in [0.2, 0.25) is 0 Å². The molecule has 1 unspecified atom stereocenters. The first kappa shape index (κ1) is 13.4. The number of aromatic nitrogens is 1. The number of thiazole rings is 1. The van der Waals surface area contributed by atoms with E-state index in [9.17, 15) is 0 Å². The maximum Gasteiger partial charge on any atom is 0.185 e. The third-order valence-electron chi connectivity index (χ3n) is 2.46. The van der Waals surface area contributed by atoms with Crippen LogP contribution in [0.2, 0.25) is 0 Å². The average Bonchev–Trinajstić information content (AvgIpc) is 2.73. The Hall–Kier alpha value is -0.650. The lowest BCUT2D eigenvalue weighted by atomic mass is 10.1. The third kappa shape index (κ3) is 4.08. The number of hydrogen-bond donors (Lipinski definition) is 2. The number of rotatable bonds is 7. The summed E-state index contributed by atoms with van der Waals surface area (Å²) in [7, 11) is 3.99. The number of nitrogens with one attached hydrogen (secondary N) is 1. The lowest BCUT2D eigenvalue weighted by Crippen LogP contribution is -2.28. The molecule has 0 aliphatic carbocycles. The minimum Gasteiger partial charge on any atom is -0.396 e. The van der Waals surface area contributed by atoms with Gasteiger partial charge in [0.05, 0.1) is 0 Å². The standard InChI is InChI=1S/C11H21N3OS/c1-4-9(5-6-15)12-7-10-8-13-11(16-10)14(2)3/h8-9,12,15H,4-7H2,1-3H3. The summed E-state index contributed by atoms with van der Waals surface area (Å²) in [4.78, 5) is 7.57. The van der Waals surface area contributed by atoms with Gasteiger partial charge in [0.25, 0.3) is 0 Å². The van der Waals surface area contributed by atoms with Crippen LogP contribution in [0.5, 0.6) is 0 Å². The Bertz CT molecular complexity index is 301. The molecule has 4 nitrogen and oxygen atoms in total. The molecule has 0 bridgehead atoms. The van der Waals surface area contributed by atoms with E-state index in [1.165, 1.54) is 4.88 Å². The molecule has 0 saturated carbocycles. The van der Waals surface area contributed by atoms with Gasteiger partial charge in [-0.25, -0.2) is 4.98 Å². The first-order valence-electron chi connectivity index (χ1n) is 5.63. The second kappa shape index (κ2) is 6.83. The molecule has 1 atom stereocenters. The smallest absolute Gasteiger partial charge is 0.185 e. The topological polar surface area (TPSA) is 48.4 Å². The minimum atomic E-state index is 0.247. The maximum atomic E-state index is 8.89. The summed E-state index contributed by atoms with van der Waals surface area (Å²) in [5, 5.41) is 13.4. The molecule has 92 valence electrons. The Balaban J connectivity index is 2.41. The normalized spacial score (nSPS) is 12.8. The number of anilines is 1. The summed E-state index contributed by atoms with van der Waals surface area (Å²) in [5.41, 5.74) is 0. The third-order valence-corrected chi connectivity index (χ3v) is 3.62.